The van der Waals surface area contributed by atoms with E-state index in [2.05, 4.69) is 31.1 Å². The number of benzene rings is 1. The summed E-state index contributed by atoms with van der Waals surface area (Å²) < 4.78 is 36.0. The zero-order valence-corrected chi connectivity index (χ0v) is 16.5. The second-order valence-corrected chi connectivity index (χ2v) is 6.68. The largest absolute Gasteiger partial charge is 0.726 e. The lowest BCUT2D eigenvalue weighted by Gasteiger charge is -2.02. The van der Waals surface area contributed by atoms with Crippen molar-refractivity contribution in [3.63, 3.8) is 0 Å². The Morgan fingerprint density at radius 3 is 2.41 bits per heavy atom. The third-order valence-corrected chi connectivity index (χ3v) is 4.04. The van der Waals surface area contributed by atoms with Gasteiger partial charge in [0.1, 0.15) is 0 Å². The van der Waals surface area contributed by atoms with Crippen LogP contribution in [0.2, 0.25) is 0 Å². The summed E-state index contributed by atoms with van der Waals surface area (Å²) >= 11 is 0. The van der Waals surface area contributed by atoms with Crippen molar-refractivity contribution in [2.45, 2.75) is 34.2 Å². The fraction of sp³-hybridized carbons (Fsp3) is 0.353. The van der Waals surface area contributed by atoms with Crippen LogP contribution in [0.15, 0.2) is 36.4 Å². The fourth-order valence-corrected chi connectivity index (χ4v) is 2.77. The zero-order chi connectivity index (χ0) is 20.0. The Hall–Kier alpha value is -2.56. The van der Waals surface area contributed by atoms with Gasteiger partial charge in [-0.1, -0.05) is 18.2 Å². The predicted molar refractivity (Wildman–Crippen MR) is 99.4 cm³/mol. The van der Waals surface area contributed by atoms with Crippen LogP contribution in [0.1, 0.15) is 25.2 Å². The van der Waals surface area contributed by atoms with E-state index in [0.717, 1.165) is 35.3 Å². The van der Waals surface area contributed by atoms with Crippen LogP contribution in [0.25, 0.3) is 5.78 Å². The van der Waals surface area contributed by atoms with E-state index in [1.165, 1.54) is 6.92 Å². The fourth-order valence-electron chi connectivity index (χ4n) is 2.48. The van der Waals surface area contributed by atoms with Crippen molar-refractivity contribution in [3.8, 4) is 0 Å². The molecule has 10 heteroatoms. The molecule has 0 spiro atoms. The molecule has 3 aromatic rings. The van der Waals surface area contributed by atoms with Crippen molar-refractivity contribution >= 4 is 27.8 Å². The maximum Gasteiger partial charge on any atom is 0.358 e. The second-order valence-electron chi connectivity index (χ2n) is 5.62. The molecule has 0 aliphatic carbocycles. The lowest BCUT2D eigenvalue weighted by atomic mass is 10.3. The first-order valence-corrected chi connectivity index (χ1v) is 9.77. The molecular weight excluding hydrogens is 370 g/mol. The number of aryl methyl sites for hydroxylation is 3. The van der Waals surface area contributed by atoms with Gasteiger partial charge in [0.25, 0.3) is 0 Å². The molecule has 0 atom stereocenters. The molecule has 0 saturated carbocycles. The number of hydrogen-bond acceptors (Lipinski definition) is 7. The van der Waals surface area contributed by atoms with Crippen molar-refractivity contribution in [1.29, 1.82) is 0 Å². The lowest BCUT2D eigenvalue weighted by Crippen LogP contribution is -2.35. The van der Waals surface area contributed by atoms with E-state index in [1.54, 1.807) is 0 Å². The summed E-state index contributed by atoms with van der Waals surface area (Å²) in [6.07, 6.45) is 0. The molecule has 0 fully saturated rings. The van der Waals surface area contributed by atoms with Gasteiger partial charge in [0.2, 0.25) is 10.4 Å². The molecule has 2 aromatic heterocycles. The van der Waals surface area contributed by atoms with Gasteiger partial charge in [-0.2, -0.15) is 0 Å². The summed E-state index contributed by atoms with van der Waals surface area (Å²) in [6, 6.07) is 12.1. The summed E-state index contributed by atoms with van der Waals surface area (Å²) in [5.41, 5.74) is 3.10. The minimum absolute atomic E-state index is 0.0914. The Morgan fingerprint density at radius 2 is 1.89 bits per heavy atom. The van der Waals surface area contributed by atoms with Crippen molar-refractivity contribution in [2.24, 2.45) is 0 Å². The number of nitrogens with one attached hydrogen (secondary N) is 1. The Labute approximate surface area is 158 Å². The van der Waals surface area contributed by atoms with Gasteiger partial charge < -0.3 is 4.55 Å². The van der Waals surface area contributed by atoms with E-state index in [1.807, 2.05) is 54.8 Å². The van der Waals surface area contributed by atoms with Crippen LogP contribution >= 0.6 is 0 Å². The molecule has 0 unspecified atom stereocenters. The van der Waals surface area contributed by atoms with Gasteiger partial charge in [-0.05, 0) is 39.8 Å². The number of anilines is 2. The molecule has 27 heavy (non-hydrogen) atoms. The molecule has 0 aliphatic rings. The molecule has 0 amide bonds. The summed E-state index contributed by atoms with van der Waals surface area (Å²) in [7, 11) is -4.42. The van der Waals surface area contributed by atoms with Crippen molar-refractivity contribution in [2.75, 3.05) is 11.9 Å². The third kappa shape index (κ3) is 5.71. The predicted octanol–water partition coefficient (Wildman–Crippen LogP) is 1.88. The Balaban J connectivity index is 0.000000321. The first-order valence-electron chi connectivity index (χ1n) is 8.44. The molecule has 0 saturated heterocycles. The van der Waals surface area contributed by atoms with Crippen LogP contribution < -0.4 is 9.88 Å². The smallest absolute Gasteiger partial charge is 0.358 e. The Bertz CT molecular complexity index is 1000. The molecule has 1 N–H and O–H groups in total. The topological polar surface area (TPSA) is 113 Å². The molecule has 3 rings (SSSR count). The van der Waals surface area contributed by atoms with Gasteiger partial charge in [0.05, 0.1) is 30.2 Å². The molecule has 9 nitrogen and oxygen atoms in total. The molecular formula is C17H23N5O4S. The van der Waals surface area contributed by atoms with E-state index < -0.39 is 10.4 Å². The van der Waals surface area contributed by atoms with Gasteiger partial charge in [-0.15, -0.1) is 9.50 Å². The Morgan fingerprint density at radius 1 is 1.22 bits per heavy atom. The van der Waals surface area contributed by atoms with Crippen LogP contribution in [0.4, 0.5) is 11.6 Å². The number of aromatic nitrogens is 4. The normalized spacial score (nSPS) is 11.1. The lowest BCUT2D eigenvalue weighted by molar-refractivity contribution is -0.656. The molecule has 0 radical (unpaired) electrons. The molecule has 146 valence electrons. The summed E-state index contributed by atoms with van der Waals surface area (Å²) in [4.78, 5) is 4.59. The molecule has 0 bridgehead atoms. The number of rotatable bonds is 5. The van der Waals surface area contributed by atoms with Gasteiger partial charge in [-0.25, -0.2) is 13.0 Å². The van der Waals surface area contributed by atoms with Gasteiger partial charge >= 0.3 is 11.7 Å². The van der Waals surface area contributed by atoms with Crippen LogP contribution in [0.3, 0.4) is 0 Å². The van der Waals surface area contributed by atoms with Gasteiger partial charge in [-0.3, -0.25) is 9.50 Å². The standard InChI is InChI=1S/C15H18N5.C2H6O4S/c1-4-19-14(17-13-8-6-5-7-9-13)18-20-12(3)10-11(2)16-15(19)20;1-2-6-7(3,4)5/h5-10H,4H2,1-3H3,(H,17,18);2H2,1H3,(H,3,4,5)/q+1;/p-1. The summed E-state index contributed by atoms with van der Waals surface area (Å²) in [6.45, 7) is 8.29. The van der Waals surface area contributed by atoms with Crippen LogP contribution in [-0.2, 0) is 21.1 Å². The monoisotopic (exact) mass is 393 g/mol. The highest BCUT2D eigenvalue weighted by molar-refractivity contribution is 7.80. The SMILES string of the molecule is CCOS(=O)(=O)[O-].CC[n+]1c(Nc2ccccc2)nn2c(C)cc(C)nc21. The van der Waals surface area contributed by atoms with Gasteiger partial charge in [0.15, 0.2) is 0 Å². The van der Waals surface area contributed by atoms with Crippen molar-refractivity contribution in [1.82, 2.24) is 14.6 Å². The summed E-state index contributed by atoms with van der Waals surface area (Å²) in [5, 5.41) is 7.98. The third-order valence-electron chi connectivity index (χ3n) is 3.52. The first-order chi connectivity index (χ1) is 12.7. The van der Waals surface area contributed by atoms with E-state index in [-0.39, 0.29) is 6.61 Å². The number of hydrogen-bond donors (Lipinski definition) is 1. The second kappa shape index (κ2) is 8.89. The van der Waals surface area contributed by atoms with E-state index in [9.17, 15) is 13.0 Å². The highest BCUT2D eigenvalue weighted by atomic mass is 32.3. The molecule has 0 aliphatic heterocycles. The number of para-hydroxylation sites is 1. The highest BCUT2D eigenvalue weighted by Gasteiger charge is 2.20. The van der Waals surface area contributed by atoms with E-state index in [4.69, 9.17) is 0 Å². The average molecular weight is 393 g/mol. The van der Waals surface area contributed by atoms with Crippen molar-refractivity contribution < 1.29 is 21.7 Å². The first kappa shape index (κ1) is 20.7. The average Bonchev–Trinajstić information content (AvgIpc) is 2.92. The Kier molecular flexibility index (Phi) is 6.83. The minimum Gasteiger partial charge on any atom is -0.726 e. The molecule has 2 heterocycles. The maximum atomic E-state index is 9.45. The van der Waals surface area contributed by atoms with Crippen molar-refractivity contribution in [3.05, 3.63) is 47.8 Å². The highest BCUT2D eigenvalue weighted by Crippen LogP contribution is 2.13. The summed E-state index contributed by atoms with van der Waals surface area (Å²) in [5.74, 6) is 1.67. The molecule has 1 aromatic carbocycles. The zero-order valence-electron chi connectivity index (χ0n) is 15.7. The van der Waals surface area contributed by atoms with E-state index in [0.29, 0.717) is 0 Å². The minimum atomic E-state index is -4.42. The van der Waals surface area contributed by atoms with Crippen LogP contribution in [-0.4, -0.2) is 34.2 Å². The maximum absolute atomic E-state index is 9.45. The quantitative estimate of drug-likeness (QED) is 0.400. The van der Waals surface area contributed by atoms with E-state index >= 15 is 0 Å². The van der Waals surface area contributed by atoms with Crippen LogP contribution in [0, 0.1) is 13.8 Å². The van der Waals surface area contributed by atoms with Crippen LogP contribution in [0.5, 0.6) is 0 Å². The number of fused-ring (bicyclic) bond motifs is 1. The number of nitrogens with zero attached hydrogens (tertiary/aromatic N) is 4. The van der Waals surface area contributed by atoms with Gasteiger partial charge in [0, 0.05) is 11.2 Å².